The summed E-state index contributed by atoms with van der Waals surface area (Å²) >= 11 is 3.57. The Hall–Kier alpha value is -2.54. The number of methoxy groups -OCH3 is 2. The van der Waals surface area contributed by atoms with Gasteiger partial charge in [0.15, 0.2) is 11.5 Å². The lowest BCUT2D eigenvalue weighted by molar-refractivity contribution is 0.237. The first kappa shape index (κ1) is 23.6. The normalized spacial score (nSPS) is 15.5. The van der Waals surface area contributed by atoms with Gasteiger partial charge in [0.1, 0.15) is 6.61 Å². The molecule has 1 N–H and O–H groups in total. The van der Waals surface area contributed by atoms with Crippen LogP contribution in [0.3, 0.4) is 0 Å². The lowest BCUT2D eigenvalue weighted by Gasteiger charge is -2.32. The first-order chi connectivity index (χ1) is 16.2. The largest absolute Gasteiger partial charge is 0.493 e. The molecule has 0 aromatic heterocycles. The van der Waals surface area contributed by atoms with Crippen LogP contribution in [0.1, 0.15) is 29.2 Å². The monoisotopic (exact) mass is 510 g/mol. The maximum Gasteiger partial charge on any atom is 0.203 e. The van der Waals surface area contributed by atoms with Crippen molar-refractivity contribution in [3.8, 4) is 17.2 Å². The van der Waals surface area contributed by atoms with Gasteiger partial charge in [-0.2, -0.15) is 0 Å². The fourth-order valence-electron chi connectivity index (χ4n) is 4.31. The highest BCUT2D eigenvalue weighted by molar-refractivity contribution is 9.10. The zero-order chi connectivity index (χ0) is 23.0. The number of hydrogen-bond donors (Lipinski definition) is 1. The van der Waals surface area contributed by atoms with E-state index in [0.29, 0.717) is 23.9 Å². The van der Waals surface area contributed by atoms with Gasteiger partial charge in [-0.05, 0) is 53.9 Å². The van der Waals surface area contributed by atoms with Crippen LogP contribution in [0.15, 0.2) is 71.2 Å². The first-order valence-electron chi connectivity index (χ1n) is 11.3. The number of halogens is 1. The van der Waals surface area contributed by atoms with Crippen LogP contribution in [-0.2, 0) is 6.61 Å². The number of ether oxygens (including phenoxy) is 3. The molecule has 1 fully saturated rings. The zero-order valence-electron chi connectivity index (χ0n) is 19.2. The van der Waals surface area contributed by atoms with Crippen molar-refractivity contribution in [2.24, 2.45) is 0 Å². The highest BCUT2D eigenvalue weighted by Gasteiger charge is 2.26. The Bertz CT molecular complexity index is 994. The summed E-state index contributed by atoms with van der Waals surface area (Å²) in [5.41, 5.74) is 3.46. The van der Waals surface area contributed by atoms with Crippen LogP contribution in [0.2, 0.25) is 0 Å². The number of hydrogen-bond acceptors (Lipinski definition) is 5. The van der Waals surface area contributed by atoms with Crippen molar-refractivity contribution in [2.75, 3.05) is 40.4 Å². The number of benzene rings is 3. The molecule has 0 saturated carbocycles. The van der Waals surface area contributed by atoms with Gasteiger partial charge in [0.05, 0.1) is 20.3 Å². The minimum atomic E-state index is 0.0870. The van der Waals surface area contributed by atoms with E-state index in [1.54, 1.807) is 14.2 Å². The van der Waals surface area contributed by atoms with Crippen LogP contribution < -0.4 is 19.5 Å². The van der Waals surface area contributed by atoms with Crippen LogP contribution in [0.4, 0.5) is 0 Å². The summed E-state index contributed by atoms with van der Waals surface area (Å²) in [6.07, 6.45) is 1.11. The Kier molecular flexibility index (Phi) is 8.26. The quantitative estimate of drug-likeness (QED) is 0.437. The summed E-state index contributed by atoms with van der Waals surface area (Å²) in [6.45, 7) is 4.45. The first-order valence-corrected chi connectivity index (χ1v) is 12.1. The summed E-state index contributed by atoms with van der Waals surface area (Å²) < 4.78 is 18.8. The van der Waals surface area contributed by atoms with Gasteiger partial charge in [0.25, 0.3) is 0 Å². The molecule has 0 bridgehead atoms. The standard InChI is InChI=1S/C27H31BrN2O3/c1-31-24-17-22(18-25(32-2)27(24)33-19-20-7-4-3-5-8-20)26(21-9-11-23(28)12-10-21)30-15-6-13-29-14-16-30/h3-5,7-12,17-18,26,29H,6,13-16,19H2,1-2H3. The maximum absolute atomic E-state index is 6.18. The lowest BCUT2D eigenvalue weighted by atomic mass is 9.96. The van der Waals surface area contributed by atoms with E-state index in [4.69, 9.17) is 14.2 Å². The van der Waals surface area contributed by atoms with Crippen LogP contribution in [-0.4, -0.2) is 45.3 Å². The topological polar surface area (TPSA) is 43.0 Å². The van der Waals surface area contributed by atoms with E-state index in [9.17, 15) is 0 Å². The van der Waals surface area contributed by atoms with Gasteiger partial charge in [-0.3, -0.25) is 4.90 Å². The Balaban J connectivity index is 1.72. The molecule has 1 atom stereocenters. The molecular formula is C27H31BrN2O3. The second kappa shape index (κ2) is 11.5. The van der Waals surface area contributed by atoms with E-state index in [1.165, 1.54) is 5.56 Å². The van der Waals surface area contributed by atoms with E-state index in [1.807, 2.05) is 30.3 Å². The van der Waals surface area contributed by atoms with Gasteiger partial charge in [-0.15, -0.1) is 0 Å². The molecule has 0 aliphatic carbocycles. The summed E-state index contributed by atoms with van der Waals surface area (Å²) in [5.74, 6) is 1.98. The van der Waals surface area contributed by atoms with Crippen molar-refractivity contribution >= 4 is 15.9 Å². The molecule has 1 aliphatic heterocycles. The van der Waals surface area contributed by atoms with Crippen molar-refractivity contribution in [1.29, 1.82) is 0 Å². The second-order valence-electron chi connectivity index (χ2n) is 8.12. The average molecular weight is 511 g/mol. The molecule has 0 spiro atoms. The van der Waals surface area contributed by atoms with Gasteiger partial charge in [-0.1, -0.05) is 58.4 Å². The van der Waals surface area contributed by atoms with Gasteiger partial charge in [-0.25, -0.2) is 0 Å². The Morgan fingerprint density at radius 3 is 2.24 bits per heavy atom. The molecule has 0 amide bonds. The van der Waals surface area contributed by atoms with Gasteiger partial charge < -0.3 is 19.5 Å². The molecule has 3 aromatic rings. The van der Waals surface area contributed by atoms with E-state index >= 15 is 0 Å². The average Bonchev–Trinajstić information content (AvgIpc) is 3.14. The molecule has 5 nitrogen and oxygen atoms in total. The number of nitrogens with zero attached hydrogens (tertiary/aromatic N) is 1. The molecule has 1 heterocycles. The molecule has 3 aromatic carbocycles. The van der Waals surface area contributed by atoms with Crippen molar-refractivity contribution in [2.45, 2.75) is 19.1 Å². The SMILES string of the molecule is COc1cc(C(c2ccc(Br)cc2)N2CCCNCC2)cc(OC)c1OCc1ccccc1. The van der Waals surface area contributed by atoms with Gasteiger partial charge in [0.2, 0.25) is 5.75 Å². The predicted molar refractivity (Wildman–Crippen MR) is 135 cm³/mol. The summed E-state index contributed by atoms with van der Waals surface area (Å²) in [5, 5.41) is 3.51. The fraction of sp³-hybridized carbons (Fsp3) is 0.333. The lowest BCUT2D eigenvalue weighted by Crippen LogP contribution is -2.33. The third-order valence-corrected chi connectivity index (χ3v) is 6.48. The smallest absolute Gasteiger partial charge is 0.203 e. The summed E-state index contributed by atoms with van der Waals surface area (Å²) in [7, 11) is 3.36. The fourth-order valence-corrected chi connectivity index (χ4v) is 4.58. The van der Waals surface area contributed by atoms with E-state index in [0.717, 1.165) is 48.2 Å². The summed E-state index contributed by atoms with van der Waals surface area (Å²) in [4.78, 5) is 2.53. The van der Waals surface area contributed by atoms with Crippen molar-refractivity contribution in [1.82, 2.24) is 10.2 Å². The summed E-state index contributed by atoms with van der Waals surface area (Å²) in [6, 6.07) is 23.0. The van der Waals surface area contributed by atoms with Crippen molar-refractivity contribution < 1.29 is 14.2 Å². The van der Waals surface area contributed by atoms with Gasteiger partial charge in [0, 0.05) is 24.1 Å². The van der Waals surface area contributed by atoms with E-state index in [-0.39, 0.29) is 6.04 Å². The molecule has 174 valence electrons. The molecule has 1 unspecified atom stereocenters. The van der Waals surface area contributed by atoms with Gasteiger partial charge >= 0.3 is 0 Å². The van der Waals surface area contributed by atoms with Crippen LogP contribution in [0.5, 0.6) is 17.2 Å². The Labute approximate surface area is 204 Å². The van der Waals surface area contributed by atoms with Crippen LogP contribution >= 0.6 is 15.9 Å². The van der Waals surface area contributed by atoms with Crippen LogP contribution in [0.25, 0.3) is 0 Å². The maximum atomic E-state index is 6.18. The molecule has 33 heavy (non-hydrogen) atoms. The number of nitrogens with one attached hydrogen (secondary N) is 1. The van der Waals surface area contributed by atoms with Crippen LogP contribution in [0, 0.1) is 0 Å². The molecule has 4 rings (SSSR count). The third-order valence-electron chi connectivity index (χ3n) is 5.95. The number of rotatable bonds is 8. The molecule has 0 radical (unpaired) electrons. The zero-order valence-corrected chi connectivity index (χ0v) is 20.8. The van der Waals surface area contributed by atoms with E-state index < -0.39 is 0 Å². The van der Waals surface area contributed by atoms with E-state index in [2.05, 4.69) is 62.5 Å². The predicted octanol–water partition coefficient (Wildman–Crippen LogP) is 5.43. The molecule has 6 heteroatoms. The second-order valence-corrected chi connectivity index (χ2v) is 9.04. The molecule has 1 saturated heterocycles. The van der Waals surface area contributed by atoms with Crippen molar-refractivity contribution in [3.05, 3.63) is 87.9 Å². The highest BCUT2D eigenvalue weighted by atomic mass is 79.9. The Morgan fingerprint density at radius 1 is 0.879 bits per heavy atom. The molecule has 1 aliphatic rings. The third kappa shape index (κ3) is 5.88. The van der Waals surface area contributed by atoms with Crippen molar-refractivity contribution in [3.63, 3.8) is 0 Å². The minimum Gasteiger partial charge on any atom is -0.493 e. The highest BCUT2D eigenvalue weighted by Crippen LogP contribution is 2.43. The minimum absolute atomic E-state index is 0.0870. The Morgan fingerprint density at radius 2 is 1.58 bits per heavy atom. The molecular weight excluding hydrogens is 480 g/mol.